The second-order valence-electron chi connectivity index (χ2n) is 3.90. The second-order valence-corrected chi connectivity index (χ2v) is 4.85. The second kappa shape index (κ2) is 3.84. The van der Waals surface area contributed by atoms with Gasteiger partial charge in [-0.3, -0.25) is 0 Å². The van der Waals surface area contributed by atoms with Gasteiger partial charge in [-0.2, -0.15) is 0 Å². The Morgan fingerprint density at radius 1 is 1.38 bits per heavy atom. The molecule has 2 heterocycles. The molecule has 1 fully saturated rings. The standard InChI is InChI=1S/C11H12N4S/c12-15-10-6-8(7-3-4-7)13-11(14-10)9-2-1-5-16-9/h1-2,5-7H,3-4,12H2,(H,13,14,15). The van der Waals surface area contributed by atoms with Gasteiger partial charge in [-0.05, 0) is 24.3 Å². The molecule has 0 aliphatic heterocycles. The molecular weight excluding hydrogens is 220 g/mol. The van der Waals surface area contributed by atoms with Gasteiger partial charge in [0, 0.05) is 17.7 Å². The van der Waals surface area contributed by atoms with E-state index in [0.29, 0.717) is 11.7 Å². The number of hydrazine groups is 1. The largest absolute Gasteiger partial charge is 0.308 e. The third-order valence-electron chi connectivity index (χ3n) is 2.63. The van der Waals surface area contributed by atoms with Crippen LogP contribution in [0.3, 0.4) is 0 Å². The van der Waals surface area contributed by atoms with Gasteiger partial charge in [-0.25, -0.2) is 15.8 Å². The fourth-order valence-electron chi connectivity index (χ4n) is 1.64. The molecule has 4 nitrogen and oxygen atoms in total. The first-order valence-corrected chi connectivity index (χ1v) is 6.14. The van der Waals surface area contributed by atoms with E-state index in [1.54, 1.807) is 11.3 Å². The monoisotopic (exact) mass is 232 g/mol. The third kappa shape index (κ3) is 1.79. The van der Waals surface area contributed by atoms with E-state index < -0.39 is 0 Å². The molecule has 0 spiro atoms. The van der Waals surface area contributed by atoms with Crippen LogP contribution in [0.5, 0.6) is 0 Å². The fraction of sp³-hybridized carbons (Fsp3) is 0.273. The summed E-state index contributed by atoms with van der Waals surface area (Å²) in [6, 6.07) is 5.97. The number of nitrogens with one attached hydrogen (secondary N) is 1. The molecule has 2 aromatic heterocycles. The summed E-state index contributed by atoms with van der Waals surface area (Å²) in [5.41, 5.74) is 3.71. The number of nitrogens with two attached hydrogens (primary N) is 1. The lowest BCUT2D eigenvalue weighted by atomic mass is 10.2. The van der Waals surface area contributed by atoms with Crippen LogP contribution in [0.15, 0.2) is 23.6 Å². The molecule has 0 aromatic carbocycles. The number of hydrogen-bond donors (Lipinski definition) is 2. The maximum atomic E-state index is 5.42. The lowest BCUT2D eigenvalue weighted by Gasteiger charge is -2.05. The van der Waals surface area contributed by atoms with Crippen molar-refractivity contribution in [3.63, 3.8) is 0 Å². The van der Waals surface area contributed by atoms with E-state index in [-0.39, 0.29) is 0 Å². The Hall–Kier alpha value is -1.46. The van der Waals surface area contributed by atoms with E-state index in [1.807, 2.05) is 23.6 Å². The SMILES string of the molecule is NNc1cc(C2CC2)nc(-c2cccs2)n1. The highest BCUT2D eigenvalue weighted by Crippen LogP contribution is 2.40. The molecule has 82 valence electrons. The number of nitrogen functional groups attached to an aromatic ring is 1. The molecule has 1 aliphatic rings. The van der Waals surface area contributed by atoms with Crippen molar-refractivity contribution in [3.8, 4) is 10.7 Å². The number of nitrogens with zero attached hydrogens (tertiary/aromatic N) is 2. The molecule has 3 rings (SSSR count). The van der Waals surface area contributed by atoms with Crippen molar-refractivity contribution in [1.82, 2.24) is 9.97 Å². The fourth-order valence-corrected chi connectivity index (χ4v) is 2.30. The Kier molecular flexibility index (Phi) is 2.34. The average Bonchev–Trinajstić information content (AvgIpc) is 3.04. The quantitative estimate of drug-likeness (QED) is 0.630. The van der Waals surface area contributed by atoms with Gasteiger partial charge in [0.2, 0.25) is 0 Å². The smallest absolute Gasteiger partial charge is 0.171 e. The highest BCUT2D eigenvalue weighted by Gasteiger charge is 2.26. The van der Waals surface area contributed by atoms with Gasteiger partial charge in [0.1, 0.15) is 5.82 Å². The minimum absolute atomic E-state index is 0.605. The normalized spacial score (nSPS) is 15.1. The third-order valence-corrected chi connectivity index (χ3v) is 3.50. The molecule has 0 radical (unpaired) electrons. The lowest BCUT2D eigenvalue weighted by Crippen LogP contribution is -2.10. The topological polar surface area (TPSA) is 63.8 Å². The number of aromatic nitrogens is 2. The van der Waals surface area contributed by atoms with Crippen molar-refractivity contribution in [2.45, 2.75) is 18.8 Å². The van der Waals surface area contributed by atoms with Crippen molar-refractivity contribution in [2.75, 3.05) is 5.43 Å². The number of rotatable bonds is 3. The summed E-state index contributed by atoms with van der Waals surface area (Å²) in [7, 11) is 0. The first-order valence-electron chi connectivity index (χ1n) is 5.26. The molecule has 2 aromatic rings. The van der Waals surface area contributed by atoms with E-state index in [1.165, 1.54) is 12.8 Å². The Labute approximate surface area is 97.5 Å². The minimum Gasteiger partial charge on any atom is -0.308 e. The molecule has 1 saturated carbocycles. The molecule has 16 heavy (non-hydrogen) atoms. The van der Waals surface area contributed by atoms with Gasteiger partial charge in [0.15, 0.2) is 5.82 Å². The van der Waals surface area contributed by atoms with E-state index in [9.17, 15) is 0 Å². The first-order chi connectivity index (χ1) is 7.86. The summed E-state index contributed by atoms with van der Waals surface area (Å²) in [6.07, 6.45) is 2.45. The van der Waals surface area contributed by atoms with Gasteiger partial charge < -0.3 is 5.43 Å². The van der Waals surface area contributed by atoms with Crippen molar-refractivity contribution < 1.29 is 0 Å². The van der Waals surface area contributed by atoms with E-state index in [2.05, 4.69) is 15.4 Å². The van der Waals surface area contributed by atoms with Crippen LogP contribution in [-0.4, -0.2) is 9.97 Å². The maximum absolute atomic E-state index is 5.42. The van der Waals surface area contributed by atoms with E-state index >= 15 is 0 Å². The molecule has 0 unspecified atom stereocenters. The Morgan fingerprint density at radius 3 is 2.88 bits per heavy atom. The molecule has 0 atom stereocenters. The van der Waals surface area contributed by atoms with Crippen LogP contribution in [0.1, 0.15) is 24.5 Å². The predicted octanol–water partition coefficient (Wildman–Crippen LogP) is 2.37. The van der Waals surface area contributed by atoms with Gasteiger partial charge >= 0.3 is 0 Å². The number of hydrogen-bond acceptors (Lipinski definition) is 5. The predicted molar refractivity (Wildman–Crippen MR) is 65.1 cm³/mol. The van der Waals surface area contributed by atoms with Crippen molar-refractivity contribution in [2.24, 2.45) is 5.84 Å². The molecule has 0 saturated heterocycles. The Balaban J connectivity index is 2.06. The van der Waals surface area contributed by atoms with Crippen LogP contribution >= 0.6 is 11.3 Å². The van der Waals surface area contributed by atoms with Gasteiger partial charge in [0.25, 0.3) is 0 Å². The lowest BCUT2D eigenvalue weighted by molar-refractivity contribution is 0.993. The number of anilines is 1. The molecule has 5 heteroatoms. The van der Waals surface area contributed by atoms with Crippen LogP contribution in [0.2, 0.25) is 0 Å². The van der Waals surface area contributed by atoms with Crippen molar-refractivity contribution in [3.05, 3.63) is 29.3 Å². The summed E-state index contributed by atoms with van der Waals surface area (Å²) < 4.78 is 0. The van der Waals surface area contributed by atoms with Crippen LogP contribution in [0.4, 0.5) is 5.82 Å². The molecule has 3 N–H and O–H groups in total. The van der Waals surface area contributed by atoms with Crippen molar-refractivity contribution >= 4 is 17.2 Å². The zero-order valence-corrected chi connectivity index (χ0v) is 9.50. The molecule has 1 aliphatic carbocycles. The van der Waals surface area contributed by atoms with E-state index in [4.69, 9.17) is 5.84 Å². The summed E-state index contributed by atoms with van der Waals surface area (Å²) in [4.78, 5) is 10.0. The van der Waals surface area contributed by atoms with Crippen LogP contribution in [-0.2, 0) is 0 Å². The molecule has 0 bridgehead atoms. The maximum Gasteiger partial charge on any atom is 0.171 e. The summed E-state index contributed by atoms with van der Waals surface area (Å²) >= 11 is 1.64. The Bertz CT molecular complexity index is 491. The van der Waals surface area contributed by atoms with Gasteiger partial charge in [0.05, 0.1) is 4.88 Å². The minimum atomic E-state index is 0.605. The van der Waals surface area contributed by atoms with E-state index in [0.717, 1.165) is 16.4 Å². The zero-order chi connectivity index (χ0) is 11.0. The summed E-state index contributed by atoms with van der Waals surface area (Å²) in [5, 5.41) is 2.03. The van der Waals surface area contributed by atoms with Crippen LogP contribution < -0.4 is 11.3 Å². The molecular formula is C11H12N4S. The van der Waals surface area contributed by atoms with Crippen LogP contribution in [0, 0.1) is 0 Å². The summed E-state index contributed by atoms with van der Waals surface area (Å²) in [5.74, 6) is 7.50. The highest BCUT2D eigenvalue weighted by atomic mass is 32.1. The highest BCUT2D eigenvalue weighted by molar-refractivity contribution is 7.13. The zero-order valence-electron chi connectivity index (χ0n) is 8.68. The Morgan fingerprint density at radius 2 is 2.25 bits per heavy atom. The average molecular weight is 232 g/mol. The first kappa shape index (κ1) is 9.74. The number of thiophene rings is 1. The van der Waals surface area contributed by atoms with Gasteiger partial charge in [-0.1, -0.05) is 6.07 Å². The van der Waals surface area contributed by atoms with Gasteiger partial charge in [-0.15, -0.1) is 11.3 Å². The summed E-state index contributed by atoms with van der Waals surface area (Å²) in [6.45, 7) is 0. The van der Waals surface area contributed by atoms with Crippen molar-refractivity contribution in [1.29, 1.82) is 0 Å². The van der Waals surface area contributed by atoms with Crippen LogP contribution in [0.25, 0.3) is 10.7 Å². The molecule has 0 amide bonds.